The van der Waals surface area contributed by atoms with Crippen molar-refractivity contribution >= 4 is 23.8 Å². The molecule has 0 aliphatic carbocycles. The molecule has 0 spiro atoms. The zero-order chi connectivity index (χ0) is 39.0. The Hall–Kier alpha value is -3.72. The molecule has 9 heteroatoms. The number of esters is 1. The van der Waals surface area contributed by atoms with Crippen molar-refractivity contribution in [1.29, 1.82) is 0 Å². The molecule has 0 fully saturated rings. The van der Waals surface area contributed by atoms with E-state index in [1.165, 1.54) is 19.3 Å². The van der Waals surface area contributed by atoms with Crippen molar-refractivity contribution < 1.29 is 34.1 Å². The third kappa shape index (κ3) is 35.1. The maximum absolute atomic E-state index is 12.6. The number of nitrogens with one attached hydrogen (secondary N) is 2. The third-order valence-electron chi connectivity index (χ3n) is 8.47. The minimum absolute atomic E-state index is 0.0668. The number of hydrogen-bond acceptors (Lipinski definition) is 6. The van der Waals surface area contributed by atoms with Gasteiger partial charge in [-0.15, -0.1) is 0 Å². The molecule has 0 radical (unpaired) electrons. The molecule has 2 unspecified atom stereocenters. The number of aliphatic hydroxyl groups is 1. The van der Waals surface area contributed by atoms with Crippen molar-refractivity contribution in [2.75, 3.05) is 13.2 Å². The van der Waals surface area contributed by atoms with Crippen LogP contribution in [0.25, 0.3) is 0 Å². The summed E-state index contributed by atoms with van der Waals surface area (Å²) in [5.74, 6) is -2.40. The summed E-state index contributed by atoms with van der Waals surface area (Å²) in [5.41, 5.74) is 0. The van der Waals surface area contributed by atoms with Gasteiger partial charge in [-0.3, -0.25) is 14.4 Å². The smallest absolute Gasteiger partial charge is 0.328 e. The van der Waals surface area contributed by atoms with Crippen molar-refractivity contribution in [3.63, 3.8) is 0 Å². The van der Waals surface area contributed by atoms with Gasteiger partial charge in [-0.25, -0.2) is 4.79 Å². The summed E-state index contributed by atoms with van der Waals surface area (Å²) in [6.45, 7) is 3.29. The summed E-state index contributed by atoms with van der Waals surface area (Å²) in [4.78, 5) is 47.3. The Morgan fingerprint density at radius 2 is 1.08 bits per heavy atom. The van der Waals surface area contributed by atoms with Crippen molar-refractivity contribution in [1.82, 2.24) is 10.6 Å². The van der Waals surface area contributed by atoms with Gasteiger partial charge in [0, 0.05) is 12.8 Å². The molecule has 0 aliphatic heterocycles. The molecule has 0 saturated carbocycles. The first-order chi connectivity index (χ1) is 25.8. The van der Waals surface area contributed by atoms with E-state index in [4.69, 9.17) is 14.9 Å². The van der Waals surface area contributed by atoms with Crippen molar-refractivity contribution in [2.45, 2.75) is 167 Å². The Bertz CT molecular complexity index is 1120. The Balaban J connectivity index is 4.17. The van der Waals surface area contributed by atoms with Gasteiger partial charge in [-0.05, 0) is 89.9 Å². The van der Waals surface area contributed by atoms with Gasteiger partial charge >= 0.3 is 11.9 Å². The fraction of sp³-hybridized carbons (Fsp3) is 0.636. The average Bonchev–Trinajstić information content (AvgIpc) is 3.14. The van der Waals surface area contributed by atoms with Crippen LogP contribution in [0.4, 0.5) is 0 Å². The molecule has 0 heterocycles. The zero-order valence-corrected chi connectivity index (χ0v) is 33.0. The van der Waals surface area contributed by atoms with Gasteiger partial charge in [0.15, 0.2) is 0 Å². The highest BCUT2D eigenvalue weighted by atomic mass is 16.5. The molecule has 0 aromatic heterocycles. The number of rotatable bonds is 35. The second kappa shape index (κ2) is 38.0. The number of hydrogen-bond donors (Lipinski definition) is 4. The molecule has 0 saturated heterocycles. The lowest BCUT2D eigenvalue weighted by Gasteiger charge is -2.18. The van der Waals surface area contributed by atoms with Gasteiger partial charge in [-0.1, -0.05) is 125 Å². The maximum atomic E-state index is 12.6. The molecule has 53 heavy (non-hydrogen) atoms. The first-order valence-electron chi connectivity index (χ1n) is 20.3. The first kappa shape index (κ1) is 49.3. The normalized spacial score (nSPS) is 13.3. The van der Waals surface area contributed by atoms with E-state index in [0.29, 0.717) is 12.8 Å². The number of carbonyl (C=O) groups is 4. The summed E-state index contributed by atoms with van der Waals surface area (Å²) in [5, 5.41) is 22.5. The van der Waals surface area contributed by atoms with E-state index in [2.05, 4.69) is 97.4 Å². The molecule has 9 nitrogen and oxygen atoms in total. The summed E-state index contributed by atoms with van der Waals surface area (Å²) >= 11 is 0. The first-order valence-corrected chi connectivity index (χ1v) is 20.3. The Morgan fingerprint density at radius 1 is 0.585 bits per heavy atom. The van der Waals surface area contributed by atoms with E-state index in [1.54, 1.807) is 0 Å². The molecular weight excluding hydrogens is 668 g/mol. The van der Waals surface area contributed by atoms with Gasteiger partial charge in [0.05, 0.1) is 13.2 Å². The van der Waals surface area contributed by atoms with Crippen LogP contribution in [0.15, 0.2) is 72.9 Å². The Kier molecular flexibility index (Phi) is 35.3. The summed E-state index contributed by atoms with van der Waals surface area (Å²) in [6, 6.07) is -1.39. The number of unbranched alkanes of at least 4 members (excludes halogenated alkanes) is 9. The number of allylic oxidation sites excluding steroid dienone is 12. The van der Waals surface area contributed by atoms with E-state index in [1.807, 2.05) is 0 Å². The molecule has 2 amide bonds. The second-order valence-corrected chi connectivity index (χ2v) is 13.3. The minimum atomic E-state index is -1.39. The largest absolute Gasteiger partial charge is 0.480 e. The van der Waals surface area contributed by atoms with Gasteiger partial charge < -0.3 is 25.6 Å². The van der Waals surface area contributed by atoms with Gasteiger partial charge in [0.25, 0.3) is 0 Å². The SMILES string of the molecule is CC/C=C\C/C=C\C/C=C\C/C=C\C/C=C\C/C=C\CCCCC(=O)OC(CCCCCCC)CCCCCCC(=O)NCC(=O)NC(CO)C(=O)O. The fourth-order valence-electron chi connectivity index (χ4n) is 5.36. The van der Waals surface area contributed by atoms with E-state index >= 15 is 0 Å². The van der Waals surface area contributed by atoms with Crippen LogP contribution < -0.4 is 10.6 Å². The van der Waals surface area contributed by atoms with Crippen LogP contribution in [-0.4, -0.2) is 59.3 Å². The molecule has 0 aliphatic rings. The lowest BCUT2D eigenvalue weighted by molar-refractivity contribution is -0.150. The third-order valence-corrected chi connectivity index (χ3v) is 8.47. The molecule has 0 aromatic rings. The maximum Gasteiger partial charge on any atom is 0.328 e. The minimum Gasteiger partial charge on any atom is -0.480 e. The van der Waals surface area contributed by atoms with Crippen LogP contribution >= 0.6 is 0 Å². The number of carbonyl (C=O) groups excluding carboxylic acids is 3. The lowest BCUT2D eigenvalue weighted by atomic mass is 10.0. The second-order valence-electron chi connectivity index (χ2n) is 13.3. The van der Waals surface area contributed by atoms with Gasteiger partial charge in [0.1, 0.15) is 12.1 Å². The Labute approximate surface area is 321 Å². The quantitative estimate of drug-likeness (QED) is 0.0288. The Morgan fingerprint density at radius 3 is 1.58 bits per heavy atom. The molecule has 4 N–H and O–H groups in total. The van der Waals surface area contributed by atoms with Crippen LogP contribution in [0.3, 0.4) is 0 Å². The highest BCUT2D eigenvalue weighted by Gasteiger charge is 2.19. The molecule has 0 rings (SSSR count). The van der Waals surface area contributed by atoms with Crippen LogP contribution in [0.2, 0.25) is 0 Å². The van der Waals surface area contributed by atoms with Gasteiger partial charge in [0.2, 0.25) is 11.8 Å². The van der Waals surface area contributed by atoms with Crippen LogP contribution in [-0.2, 0) is 23.9 Å². The predicted octanol–water partition coefficient (Wildman–Crippen LogP) is 9.54. The lowest BCUT2D eigenvalue weighted by Crippen LogP contribution is -2.47. The van der Waals surface area contributed by atoms with Crippen LogP contribution in [0, 0.1) is 0 Å². The molecule has 300 valence electrons. The number of carboxylic acids is 1. The number of ether oxygens (including phenoxy) is 1. The highest BCUT2D eigenvalue weighted by molar-refractivity contribution is 5.87. The van der Waals surface area contributed by atoms with Crippen molar-refractivity contribution in [2.24, 2.45) is 0 Å². The zero-order valence-electron chi connectivity index (χ0n) is 33.0. The fourth-order valence-corrected chi connectivity index (χ4v) is 5.36. The number of aliphatic carboxylic acids is 1. The van der Waals surface area contributed by atoms with Crippen LogP contribution in [0.1, 0.15) is 155 Å². The summed E-state index contributed by atoms with van der Waals surface area (Å²) in [6.07, 6.45) is 46.6. The highest BCUT2D eigenvalue weighted by Crippen LogP contribution is 2.18. The van der Waals surface area contributed by atoms with Crippen molar-refractivity contribution in [3.8, 4) is 0 Å². The van der Waals surface area contributed by atoms with E-state index in [-0.39, 0.29) is 30.9 Å². The molecule has 0 bridgehead atoms. The number of carboxylic acid groups (broad SMARTS) is 1. The summed E-state index contributed by atoms with van der Waals surface area (Å²) < 4.78 is 5.92. The number of aliphatic hydroxyl groups excluding tert-OH is 1. The number of amides is 2. The molecule has 2 atom stereocenters. The van der Waals surface area contributed by atoms with E-state index in [9.17, 15) is 19.2 Å². The standard InChI is InChI=1S/C44H72N2O7/c1-3-5-7-9-10-11-12-13-14-15-16-17-18-19-20-21-22-23-24-26-32-36-43(50)53-39(33-29-25-8-6-4-2)34-30-27-28-31-35-41(48)45-37-42(49)46-40(38-47)44(51)52/h5,7,10-11,13-14,16-17,19-20,22-23,39-40,47H,3-4,6,8-9,12,15,18,21,24-38H2,1-2H3,(H,45,48)(H,46,49)(H,51,52)/b7-5-,11-10-,14-13-,17-16-,20-19-,23-22-. The van der Waals surface area contributed by atoms with E-state index in [0.717, 1.165) is 103 Å². The average molecular weight is 741 g/mol. The summed E-state index contributed by atoms with van der Waals surface area (Å²) in [7, 11) is 0. The van der Waals surface area contributed by atoms with Gasteiger partial charge in [-0.2, -0.15) is 0 Å². The molecular formula is C44H72N2O7. The van der Waals surface area contributed by atoms with Crippen LogP contribution in [0.5, 0.6) is 0 Å². The topological polar surface area (TPSA) is 142 Å². The monoisotopic (exact) mass is 741 g/mol. The van der Waals surface area contributed by atoms with Crippen molar-refractivity contribution in [3.05, 3.63) is 72.9 Å². The predicted molar refractivity (Wildman–Crippen MR) is 217 cm³/mol. The van der Waals surface area contributed by atoms with E-state index < -0.39 is 24.5 Å². The molecule has 0 aromatic carbocycles.